The van der Waals surface area contributed by atoms with Gasteiger partial charge >= 0.3 is 29.6 Å². The van der Waals surface area contributed by atoms with Crippen LogP contribution in [0.3, 0.4) is 0 Å². The first-order valence-corrected chi connectivity index (χ1v) is 10.0. The zero-order valence-electron chi connectivity index (χ0n) is 19.1. The molecule has 7 nitrogen and oxygen atoms in total. The van der Waals surface area contributed by atoms with Gasteiger partial charge in [0.15, 0.2) is 0 Å². The Morgan fingerprint density at radius 1 is 1.00 bits per heavy atom. The Kier molecular flexibility index (Phi) is 12.7. The van der Waals surface area contributed by atoms with Crippen molar-refractivity contribution in [2.75, 3.05) is 0 Å². The van der Waals surface area contributed by atoms with Gasteiger partial charge in [-0.05, 0) is 30.9 Å². The van der Waals surface area contributed by atoms with Crippen molar-refractivity contribution in [2.45, 2.75) is 40.0 Å². The fraction of sp³-hybridized carbons (Fsp3) is 0.348. The standard InChI is InChI=1S/C12H9N.C11H18N2O3.HI.H3N.Na/c1-3-7-11-9(5-1)10-6-2-4-8-12(10)13-11;1-4-6-7(3)11(5-2)8(14)12-10(16)13-9(11)15;;;/h1-8,13H;7H,4-6H2,1-3H3,(H2,12,13,14,15,16);1H;1H3;/q;;;;+1/p-1. The zero-order valence-corrected chi connectivity index (χ0v) is 23.4. The summed E-state index contributed by atoms with van der Waals surface area (Å²) in [7, 11) is 0. The second-order valence-corrected chi connectivity index (χ2v) is 7.41. The summed E-state index contributed by atoms with van der Waals surface area (Å²) in [5, 5.41) is 15.7. The number of nitrogens with zero attached hydrogens (tertiary/aromatic N) is 1. The number of nitrogens with one attached hydrogen (secondary N) is 2. The number of benzene rings is 2. The Hall–Kier alpha value is -1.46. The van der Waals surface area contributed by atoms with E-state index in [1.54, 1.807) is 6.92 Å². The van der Waals surface area contributed by atoms with Crippen molar-refractivity contribution in [3.05, 3.63) is 48.5 Å². The molecule has 1 aliphatic heterocycles. The molecule has 2 unspecified atom stereocenters. The van der Waals surface area contributed by atoms with Gasteiger partial charge in [-0.1, -0.05) is 63.6 Å². The molecule has 4 rings (SSSR count). The van der Waals surface area contributed by atoms with E-state index in [9.17, 15) is 14.7 Å². The maximum absolute atomic E-state index is 11.9. The number of amidine groups is 1. The predicted octanol–water partition coefficient (Wildman–Crippen LogP) is 1.30. The third-order valence-electron chi connectivity index (χ3n) is 5.74. The van der Waals surface area contributed by atoms with Crippen LogP contribution in [0.25, 0.3) is 21.8 Å². The van der Waals surface area contributed by atoms with Gasteiger partial charge < -0.3 is 21.6 Å². The number of carbonyl (C=O) groups is 2. The summed E-state index contributed by atoms with van der Waals surface area (Å²) in [6.45, 7) is 5.62. The molecular weight excluding hydrogens is 530 g/mol. The average Bonchev–Trinajstić information content (AvgIpc) is 3.07. The van der Waals surface area contributed by atoms with Crippen LogP contribution in [-0.2, 0) is 9.59 Å². The van der Waals surface area contributed by atoms with Crippen LogP contribution in [0.1, 0.15) is 40.0 Å². The summed E-state index contributed by atoms with van der Waals surface area (Å²) in [5.74, 6) is -1.20. The quantitative estimate of drug-likeness (QED) is 0.252. The first-order valence-electron chi connectivity index (χ1n) is 10.0. The Balaban J connectivity index is 0.000000555. The van der Waals surface area contributed by atoms with E-state index < -0.39 is 23.3 Å². The minimum atomic E-state index is -1.15. The number of hydrogen-bond donors (Lipinski definition) is 3. The minimum Gasteiger partial charge on any atom is -0.846 e. The molecule has 168 valence electrons. The van der Waals surface area contributed by atoms with Crippen molar-refractivity contribution in [1.82, 2.24) is 16.5 Å². The number of hydrogen-bond acceptors (Lipinski definition) is 4. The molecule has 1 aromatic heterocycles. The Bertz CT molecular complexity index is 1030. The fourth-order valence-corrected chi connectivity index (χ4v) is 4.10. The number of H-pyrrole nitrogens is 1. The third kappa shape index (κ3) is 5.91. The Morgan fingerprint density at radius 3 is 1.94 bits per heavy atom. The van der Waals surface area contributed by atoms with Crippen molar-refractivity contribution < 1.29 is 44.3 Å². The molecule has 2 atom stereocenters. The monoisotopic (exact) mass is 560 g/mol. The van der Waals surface area contributed by atoms with Gasteiger partial charge in [0.2, 0.25) is 5.91 Å². The van der Waals surface area contributed by atoms with Crippen LogP contribution >= 0.6 is 24.0 Å². The van der Waals surface area contributed by atoms with Gasteiger partial charge in [0, 0.05) is 21.8 Å². The normalized spacial score (nSPS) is 18.2. The summed E-state index contributed by atoms with van der Waals surface area (Å²) in [5.41, 5.74) is 1.27. The van der Waals surface area contributed by atoms with Gasteiger partial charge in [0.25, 0.3) is 5.91 Å². The van der Waals surface area contributed by atoms with E-state index in [1.807, 2.05) is 13.8 Å². The van der Waals surface area contributed by atoms with E-state index in [-0.39, 0.29) is 65.6 Å². The van der Waals surface area contributed by atoms with E-state index >= 15 is 0 Å². The van der Waals surface area contributed by atoms with E-state index in [2.05, 4.69) is 63.8 Å². The number of halogens is 1. The molecule has 9 heteroatoms. The minimum absolute atomic E-state index is 0. The number of amides is 2. The van der Waals surface area contributed by atoms with Crippen molar-refractivity contribution in [1.29, 1.82) is 0 Å². The molecular formula is C23H30IN4NaO3. The number of rotatable bonds is 4. The Morgan fingerprint density at radius 2 is 1.50 bits per heavy atom. The van der Waals surface area contributed by atoms with Crippen LogP contribution in [0, 0.1) is 11.3 Å². The molecule has 0 radical (unpaired) electrons. The largest absolute Gasteiger partial charge is 1.00 e. The number of aromatic amines is 1. The topological polar surface area (TPSA) is 132 Å². The van der Waals surface area contributed by atoms with Crippen molar-refractivity contribution >= 4 is 63.6 Å². The molecule has 0 bridgehead atoms. The first-order chi connectivity index (χ1) is 13.9. The van der Waals surface area contributed by atoms with Crippen LogP contribution < -0.4 is 46.1 Å². The third-order valence-corrected chi connectivity index (χ3v) is 5.74. The van der Waals surface area contributed by atoms with Crippen LogP contribution in [0.5, 0.6) is 0 Å². The van der Waals surface area contributed by atoms with Gasteiger partial charge in [-0.25, -0.2) is 4.99 Å². The van der Waals surface area contributed by atoms with Crippen LogP contribution in [-0.4, -0.2) is 22.8 Å². The van der Waals surface area contributed by atoms with Gasteiger partial charge in [-0.3, -0.25) is 9.59 Å². The molecule has 3 aromatic rings. The van der Waals surface area contributed by atoms with E-state index in [1.165, 1.54) is 21.8 Å². The van der Waals surface area contributed by atoms with Crippen molar-refractivity contribution in [3.8, 4) is 0 Å². The summed E-state index contributed by atoms with van der Waals surface area (Å²) >= 11 is 0. The molecule has 2 amide bonds. The SMILES string of the molecule is CCCC(C)C1(CC)C(=O)N=C([O-])NC1=O.I.N.[Na+].c1ccc2c(c1)[nH]c1ccccc12. The van der Waals surface area contributed by atoms with E-state index in [0.29, 0.717) is 6.42 Å². The summed E-state index contributed by atoms with van der Waals surface area (Å²) in [6, 6.07) is 15.9. The maximum atomic E-state index is 11.9. The van der Waals surface area contributed by atoms with Crippen LogP contribution in [0.4, 0.5) is 0 Å². The summed E-state index contributed by atoms with van der Waals surface area (Å²) < 4.78 is 0. The first kappa shape index (κ1) is 30.5. The maximum Gasteiger partial charge on any atom is 1.00 e. The summed E-state index contributed by atoms with van der Waals surface area (Å²) in [6.07, 6.45) is 2.02. The number of fused-ring (bicyclic) bond motifs is 3. The van der Waals surface area contributed by atoms with E-state index in [0.717, 1.165) is 12.8 Å². The predicted molar refractivity (Wildman–Crippen MR) is 134 cm³/mol. The molecule has 0 saturated carbocycles. The second kappa shape index (κ2) is 13.3. The van der Waals surface area contributed by atoms with Crippen molar-refractivity contribution in [2.24, 2.45) is 16.3 Å². The second-order valence-electron chi connectivity index (χ2n) is 7.41. The number of aromatic nitrogens is 1. The molecule has 0 spiro atoms. The molecule has 0 fully saturated rings. The van der Waals surface area contributed by atoms with Crippen molar-refractivity contribution in [3.63, 3.8) is 0 Å². The number of aliphatic imine (C=N–C) groups is 1. The molecule has 0 saturated heterocycles. The van der Waals surface area contributed by atoms with Gasteiger partial charge in [-0.15, -0.1) is 24.0 Å². The molecule has 1 aliphatic rings. The van der Waals surface area contributed by atoms with E-state index in [4.69, 9.17) is 0 Å². The molecule has 0 aliphatic carbocycles. The Labute approximate surface area is 227 Å². The fourth-order valence-electron chi connectivity index (χ4n) is 4.10. The van der Waals surface area contributed by atoms with Gasteiger partial charge in [0.1, 0.15) is 5.41 Å². The molecule has 32 heavy (non-hydrogen) atoms. The molecule has 2 heterocycles. The number of carbonyl (C=O) groups excluding carboxylic acids is 2. The smallest absolute Gasteiger partial charge is 0.846 e. The average molecular weight is 560 g/mol. The molecule has 5 N–H and O–H groups in total. The van der Waals surface area contributed by atoms with Crippen LogP contribution in [0.2, 0.25) is 0 Å². The summed E-state index contributed by atoms with van der Waals surface area (Å²) in [4.78, 5) is 30.4. The zero-order chi connectivity index (χ0) is 21.0. The molecule has 2 aromatic carbocycles. The van der Waals surface area contributed by atoms with Crippen LogP contribution in [0.15, 0.2) is 53.5 Å². The van der Waals surface area contributed by atoms with Gasteiger partial charge in [0.05, 0.1) is 6.02 Å². The number of para-hydroxylation sites is 2. The van der Waals surface area contributed by atoms with Gasteiger partial charge in [-0.2, -0.15) is 0 Å².